The first kappa shape index (κ1) is 14.5. The van der Waals surface area contributed by atoms with E-state index in [1.807, 2.05) is 45.0 Å². The lowest BCUT2D eigenvalue weighted by Crippen LogP contribution is -2.33. The first-order valence-electron chi connectivity index (χ1n) is 6.01. The molecule has 0 aliphatic heterocycles. The largest absolute Gasteiger partial charge is 0.398 e. The topological polar surface area (TPSA) is 55.6 Å². The standard InChI is InChI=1S/C14H22N2O2/c1-14(2,3)18-10-13(17)16(4)9-11-7-5-6-8-12(11)15/h5-8H,9-10,15H2,1-4H3. The molecule has 0 aliphatic rings. The molecule has 100 valence electrons. The number of para-hydroxylation sites is 1. The lowest BCUT2D eigenvalue weighted by atomic mass is 10.1. The number of hydrogen-bond donors (Lipinski definition) is 1. The van der Waals surface area contributed by atoms with E-state index in [1.54, 1.807) is 11.9 Å². The van der Waals surface area contributed by atoms with Crippen molar-refractivity contribution in [2.75, 3.05) is 19.4 Å². The molecule has 0 atom stereocenters. The van der Waals surface area contributed by atoms with Crippen LogP contribution in [-0.4, -0.2) is 30.1 Å². The Balaban J connectivity index is 2.53. The molecule has 0 saturated carbocycles. The highest BCUT2D eigenvalue weighted by atomic mass is 16.5. The number of hydrogen-bond acceptors (Lipinski definition) is 3. The lowest BCUT2D eigenvalue weighted by Gasteiger charge is -2.23. The average Bonchev–Trinajstić information content (AvgIpc) is 2.28. The van der Waals surface area contributed by atoms with Gasteiger partial charge in [-0.05, 0) is 32.4 Å². The molecule has 18 heavy (non-hydrogen) atoms. The van der Waals surface area contributed by atoms with Crippen molar-refractivity contribution >= 4 is 11.6 Å². The summed E-state index contributed by atoms with van der Waals surface area (Å²) < 4.78 is 5.46. The van der Waals surface area contributed by atoms with Crippen molar-refractivity contribution in [1.29, 1.82) is 0 Å². The summed E-state index contributed by atoms with van der Waals surface area (Å²) in [5.41, 5.74) is 7.19. The second-order valence-electron chi connectivity index (χ2n) is 5.35. The number of nitrogens with zero attached hydrogens (tertiary/aromatic N) is 1. The van der Waals surface area contributed by atoms with Crippen LogP contribution in [0.2, 0.25) is 0 Å². The molecule has 1 rings (SSSR count). The van der Waals surface area contributed by atoms with Gasteiger partial charge in [0.05, 0.1) is 5.60 Å². The number of rotatable bonds is 4. The third-order valence-corrected chi connectivity index (χ3v) is 2.52. The number of benzene rings is 1. The fraction of sp³-hybridized carbons (Fsp3) is 0.500. The van der Waals surface area contributed by atoms with Crippen molar-refractivity contribution in [3.63, 3.8) is 0 Å². The van der Waals surface area contributed by atoms with Gasteiger partial charge in [0.2, 0.25) is 5.91 Å². The van der Waals surface area contributed by atoms with Crippen LogP contribution in [0.15, 0.2) is 24.3 Å². The molecule has 0 aromatic heterocycles. The number of nitrogens with two attached hydrogens (primary N) is 1. The Morgan fingerprint density at radius 1 is 1.33 bits per heavy atom. The van der Waals surface area contributed by atoms with Crippen molar-refractivity contribution in [2.45, 2.75) is 32.9 Å². The van der Waals surface area contributed by atoms with Gasteiger partial charge in [-0.15, -0.1) is 0 Å². The van der Waals surface area contributed by atoms with Crippen LogP contribution in [0.1, 0.15) is 26.3 Å². The van der Waals surface area contributed by atoms with E-state index in [0.29, 0.717) is 12.2 Å². The number of carbonyl (C=O) groups is 1. The van der Waals surface area contributed by atoms with Crippen molar-refractivity contribution in [2.24, 2.45) is 0 Å². The van der Waals surface area contributed by atoms with Gasteiger partial charge in [0.1, 0.15) is 6.61 Å². The zero-order valence-corrected chi connectivity index (χ0v) is 11.6. The van der Waals surface area contributed by atoms with Crippen LogP contribution in [-0.2, 0) is 16.1 Å². The monoisotopic (exact) mass is 250 g/mol. The molecule has 0 saturated heterocycles. The minimum atomic E-state index is -0.303. The minimum Gasteiger partial charge on any atom is -0.398 e. The fourth-order valence-corrected chi connectivity index (χ4v) is 1.41. The van der Waals surface area contributed by atoms with Crippen LogP contribution in [0.25, 0.3) is 0 Å². The van der Waals surface area contributed by atoms with Crippen LogP contribution in [0.5, 0.6) is 0 Å². The number of amides is 1. The zero-order valence-electron chi connectivity index (χ0n) is 11.6. The van der Waals surface area contributed by atoms with Gasteiger partial charge in [-0.1, -0.05) is 18.2 Å². The van der Waals surface area contributed by atoms with E-state index in [4.69, 9.17) is 10.5 Å². The highest BCUT2D eigenvalue weighted by Gasteiger charge is 2.16. The van der Waals surface area contributed by atoms with Gasteiger partial charge in [0.15, 0.2) is 0 Å². The number of carbonyl (C=O) groups excluding carboxylic acids is 1. The quantitative estimate of drug-likeness (QED) is 0.832. The minimum absolute atomic E-state index is 0.0480. The maximum absolute atomic E-state index is 11.9. The summed E-state index contributed by atoms with van der Waals surface area (Å²) in [5, 5.41) is 0. The molecule has 0 bridgehead atoms. The number of nitrogen functional groups attached to an aromatic ring is 1. The van der Waals surface area contributed by atoms with Crippen LogP contribution in [0, 0.1) is 0 Å². The molecule has 0 aliphatic carbocycles. The van der Waals surface area contributed by atoms with Gasteiger partial charge < -0.3 is 15.4 Å². The molecule has 4 nitrogen and oxygen atoms in total. The van der Waals surface area contributed by atoms with E-state index in [2.05, 4.69) is 0 Å². The molecule has 0 spiro atoms. The molecule has 0 heterocycles. The normalized spacial score (nSPS) is 11.3. The number of likely N-dealkylation sites (N-methyl/N-ethyl adjacent to an activating group) is 1. The van der Waals surface area contributed by atoms with Crippen LogP contribution in [0.3, 0.4) is 0 Å². The van der Waals surface area contributed by atoms with E-state index in [-0.39, 0.29) is 18.1 Å². The van der Waals surface area contributed by atoms with Gasteiger partial charge in [-0.3, -0.25) is 4.79 Å². The Kier molecular flexibility index (Phi) is 4.73. The van der Waals surface area contributed by atoms with E-state index >= 15 is 0 Å². The Morgan fingerprint density at radius 2 is 1.94 bits per heavy atom. The predicted octanol–water partition coefficient (Wildman–Crippen LogP) is 2.04. The summed E-state index contributed by atoms with van der Waals surface area (Å²) in [6.45, 7) is 6.37. The van der Waals surface area contributed by atoms with Crippen molar-refractivity contribution in [3.8, 4) is 0 Å². The van der Waals surface area contributed by atoms with E-state index < -0.39 is 0 Å². The van der Waals surface area contributed by atoms with Crippen LogP contribution >= 0.6 is 0 Å². The third-order valence-electron chi connectivity index (χ3n) is 2.52. The summed E-state index contributed by atoms with van der Waals surface area (Å²) in [6, 6.07) is 7.54. The van der Waals surface area contributed by atoms with Gasteiger partial charge in [0.25, 0.3) is 0 Å². The molecule has 0 unspecified atom stereocenters. The summed E-state index contributed by atoms with van der Waals surface area (Å²) in [7, 11) is 1.75. The molecule has 1 amide bonds. The summed E-state index contributed by atoms with van der Waals surface area (Å²) >= 11 is 0. The van der Waals surface area contributed by atoms with Crippen molar-refractivity contribution in [1.82, 2.24) is 4.90 Å². The maximum atomic E-state index is 11.9. The predicted molar refractivity (Wildman–Crippen MR) is 73.0 cm³/mol. The molecule has 1 aromatic carbocycles. The highest BCUT2D eigenvalue weighted by molar-refractivity contribution is 5.77. The van der Waals surface area contributed by atoms with Crippen LogP contribution in [0.4, 0.5) is 5.69 Å². The second kappa shape index (κ2) is 5.87. The Hall–Kier alpha value is -1.55. The number of ether oxygens (including phenoxy) is 1. The maximum Gasteiger partial charge on any atom is 0.248 e. The van der Waals surface area contributed by atoms with Gasteiger partial charge in [-0.2, -0.15) is 0 Å². The molecular weight excluding hydrogens is 228 g/mol. The first-order chi connectivity index (χ1) is 8.29. The highest BCUT2D eigenvalue weighted by Crippen LogP contribution is 2.13. The fourth-order valence-electron chi connectivity index (χ4n) is 1.41. The Morgan fingerprint density at radius 3 is 2.50 bits per heavy atom. The molecule has 0 fully saturated rings. The molecule has 1 aromatic rings. The molecule has 2 N–H and O–H groups in total. The van der Waals surface area contributed by atoms with Gasteiger partial charge in [0, 0.05) is 19.3 Å². The second-order valence-corrected chi connectivity index (χ2v) is 5.35. The molecule has 4 heteroatoms. The first-order valence-corrected chi connectivity index (χ1v) is 6.01. The SMILES string of the molecule is CN(Cc1ccccc1N)C(=O)COC(C)(C)C. The van der Waals surface area contributed by atoms with Gasteiger partial charge in [-0.25, -0.2) is 0 Å². The Bertz CT molecular complexity index is 411. The smallest absolute Gasteiger partial charge is 0.248 e. The molecule has 0 radical (unpaired) electrons. The lowest BCUT2D eigenvalue weighted by molar-refractivity contribution is -0.140. The summed E-state index contributed by atoms with van der Waals surface area (Å²) in [4.78, 5) is 13.5. The Labute approximate surface area is 109 Å². The summed E-state index contributed by atoms with van der Waals surface area (Å²) in [6.07, 6.45) is 0. The van der Waals surface area contributed by atoms with E-state index in [9.17, 15) is 4.79 Å². The van der Waals surface area contributed by atoms with Gasteiger partial charge >= 0.3 is 0 Å². The van der Waals surface area contributed by atoms with E-state index in [0.717, 1.165) is 5.56 Å². The van der Waals surface area contributed by atoms with Crippen molar-refractivity contribution < 1.29 is 9.53 Å². The van der Waals surface area contributed by atoms with Crippen molar-refractivity contribution in [3.05, 3.63) is 29.8 Å². The zero-order chi connectivity index (χ0) is 13.8. The molecular formula is C14H22N2O2. The number of anilines is 1. The van der Waals surface area contributed by atoms with E-state index in [1.165, 1.54) is 0 Å². The van der Waals surface area contributed by atoms with Crippen LogP contribution < -0.4 is 5.73 Å². The third kappa shape index (κ3) is 4.75. The summed E-state index contributed by atoms with van der Waals surface area (Å²) in [5.74, 6) is -0.0480. The average molecular weight is 250 g/mol.